The van der Waals surface area contributed by atoms with Crippen LogP contribution in [0.2, 0.25) is 0 Å². The summed E-state index contributed by atoms with van der Waals surface area (Å²) in [6.07, 6.45) is 0.887. The van der Waals surface area contributed by atoms with Gasteiger partial charge < -0.3 is 4.90 Å². The zero-order valence-electron chi connectivity index (χ0n) is 10.0. The fraction of sp³-hybridized carbons (Fsp3) is 0.636. The summed E-state index contributed by atoms with van der Waals surface area (Å²) in [5, 5.41) is 0.896. The monoisotopic (exact) mass is 272 g/mol. The second-order valence-corrected chi connectivity index (χ2v) is 7.06. The molecule has 1 aliphatic rings. The fourth-order valence-corrected chi connectivity index (χ4v) is 3.93. The smallest absolute Gasteiger partial charge is 0.186 e. The lowest BCUT2D eigenvalue weighted by atomic mass is 10.1. The van der Waals surface area contributed by atoms with Crippen LogP contribution in [-0.2, 0) is 10.8 Å². The van der Waals surface area contributed by atoms with Crippen molar-refractivity contribution in [3.8, 4) is 0 Å². The van der Waals surface area contributed by atoms with Crippen LogP contribution < -0.4 is 4.90 Å². The molecule has 1 aliphatic heterocycles. The average molecular weight is 272 g/mol. The number of aldehydes is 1. The molecular weight excluding hydrogens is 256 g/mol. The van der Waals surface area contributed by atoms with Crippen molar-refractivity contribution in [3.63, 3.8) is 0 Å². The van der Waals surface area contributed by atoms with E-state index in [2.05, 4.69) is 9.88 Å². The summed E-state index contributed by atoms with van der Waals surface area (Å²) in [5.74, 6) is 1.67. The van der Waals surface area contributed by atoms with Crippen LogP contribution >= 0.6 is 11.3 Å². The van der Waals surface area contributed by atoms with Gasteiger partial charge in [-0.2, -0.15) is 0 Å². The van der Waals surface area contributed by atoms with Crippen LogP contribution in [0, 0.1) is 0 Å². The molecule has 0 N–H and O–H groups in total. The lowest BCUT2D eigenvalue weighted by Gasteiger charge is -2.25. The standard InChI is InChI=1S/C11H16N2O2S2/c1-8(2)10-9(7-14)16-11(12-10)13-3-5-17(15)6-4-13/h7-8H,3-6H2,1-2H3. The highest BCUT2D eigenvalue weighted by Crippen LogP contribution is 2.30. The molecule has 0 unspecified atom stereocenters. The van der Waals surface area contributed by atoms with Crippen molar-refractivity contribution in [2.45, 2.75) is 19.8 Å². The normalized spacial score (nSPS) is 17.7. The van der Waals surface area contributed by atoms with E-state index >= 15 is 0 Å². The Labute approximate surface area is 108 Å². The SMILES string of the molecule is CC(C)c1nc(N2CCS(=O)CC2)sc1C=O. The summed E-state index contributed by atoms with van der Waals surface area (Å²) < 4.78 is 11.3. The van der Waals surface area contributed by atoms with Crippen molar-refractivity contribution < 1.29 is 9.00 Å². The third-order valence-corrected chi connectivity index (χ3v) is 5.11. The van der Waals surface area contributed by atoms with Crippen LogP contribution in [0.3, 0.4) is 0 Å². The van der Waals surface area contributed by atoms with Gasteiger partial charge >= 0.3 is 0 Å². The van der Waals surface area contributed by atoms with Crippen molar-refractivity contribution >= 4 is 33.6 Å². The molecule has 1 aromatic heterocycles. The van der Waals surface area contributed by atoms with E-state index in [1.807, 2.05) is 13.8 Å². The first-order valence-corrected chi connectivity index (χ1v) is 7.98. The summed E-state index contributed by atoms with van der Waals surface area (Å²) >= 11 is 1.44. The highest BCUT2D eigenvalue weighted by molar-refractivity contribution is 7.85. The topological polar surface area (TPSA) is 50.3 Å². The number of thiazole rings is 1. The van der Waals surface area contributed by atoms with E-state index in [4.69, 9.17) is 0 Å². The van der Waals surface area contributed by atoms with Gasteiger partial charge in [-0.1, -0.05) is 25.2 Å². The number of nitrogens with zero attached hydrogens (tertiary/aromatic N) is 2. The van der Waals surface area contributed by atoms with Gasteiger partial charge in [-0.25, -0.2) is 4.98 Å². The lowest BCUT2D eigenvalue weighted by Crippen LogP contribution is -2.37. The molecule has 0 radical (unpaired) electrons. The maximum absolute atomic E-state index is 11.3. The second kappa shape index (κ2) is 5.27. The molecule has 0 aromatic carbocycles. The molecular formula is C11H16N2O2S2. The van der Waals surface area contributed by atoms with Gasteiger partial charge in [0.2, 0.25) is 0 Å². The molecule has 2 heterocycles. The Bertz CT molecular complexity index is 433. The Kier molecular flexibility index (Phi) is 3.93. The van der Waals surface area contributed by atoms with Crippen LogP contribution in [-0.4, -0.2) is 40.1 Å². The van der Waals surface area contributed by atoms with E-state index in [0.29, 0.717) is 11.5 Å². The molecule has 94 valence electrons. The van der Waals surface area contributed by atoms with Crippen LogP contribution in [0.5, 0.6) is 0 Å². The third kappa shape index (κ3) is 2.74. The summed E-state index contributed by atoms with van der Waals surface area (Å²) in [7, 11) is -0.678. The Morgan fingerprint density at radius 3 is 2.53 bits per heavy atom. The molecule has 0 bridgehead atoms. The number of aromatic nitrogens is 1. The number of hydrogen-bond donors (Lipinski definition) is 0. The van der Waals surface area contributed by atoms with Gasteiger partial charge in [0.25, 0.3) is 0 Å². The van der Waals surface area contributed by atoms with Gasteiger partial charge in [-0.3, -0.25) is 9.00 Å². The molecule has 17 heavy (non-hydrogen) atoms. The zero-order valence-corrected chi connectivity index (χ0v) is 11.6. The molecule has 1 aromatic rings. The molecule has 1 fully saturated rings. The number of hydrogen-bond acceptors (Lipinski definition) is 5. The van der Waals surface area contributed by atoms with E-state index < -0.39 is 10.8 Å². The van der Waals surface area contributed by atoms with E-state index in [9.17, 15) is 9.00 Å². The summed E-state index contributed by atoms with van der Waals surface area (Å²) in [4.78, 5) is 18.4. The Balaban J connectivity index is 2.21. The summed E-state index contributed by atoms with van der Waals surface area (Å²) in [6, 6.07) is 0. The van der Waals surface area contributed by atoms with Gasteiger partial charge in [0, 0.05) is 35.4 Å². The fourth-order valence-electron chi connectivity index (χ4n) is 1.79. The first-order chi connectivity index (χ1) is 8.11. The molecule has 2 rings (SSSR count). The Hall–Kier alpha value is -0.750. The van der Waals surface area contributed by atoms with Crippen molar-refractivity contribution in [3.05, 3.63) is 10.6 Å². The Morgan fingerprint density at radius 2 is 2.06 bits per heavy atom. The van der Waals surface area contributed by atoms with E-state index in [1.165, 1.54) is 11.3 Å². The van der Waals surface area contributed by atoms with Crippen molar-refractivity contribution in [2.75, 3.05) is 29.5 Å². The largest absolute Gasteiger partial charge is 0.346 e. The van der Waals surface area contributed by atoms with E-state index in [0.717, 1.165) is 35.1 Å². The van der Waals surface area contributed by atoms with Crippen LogP contribution in [0.25, 0.3) is 0 Å². The minimum atomic E-state index is -0.678. The highest BCUT2D eigenvalue weighted by atomic mass is 32.2. The average Bonchev–Trinajstić information content (AvgIpc) is 2.74. The molecule has 0 saturated carbocycles. The minimum absolute atomic E-state index is 0.263. The highest BCUT2D eigenvalue weighted by Gasteiger charge is 2.21. The molecule has 0 aliphatic carbocycles. The number of carbonyl (C=O) groups is 1. The number of rotatable bonds is 3. The summed E-state index contributed by atoms with van der Waals surface area (Å²) in [6.45, 7) is 5.63. The van der Waals surface area contributed by atoms with Gasteiger partial charge in [-0.05, 0) is 5.92 Å². The van der Waals surface area contributed by atoms with Crippen molar-refractivity contribution in [1.29, 1.82) is 0 Å². The quantitative estimate of drug-likeness (QED) is 0.785. The summed E-state index contributed by atoms with van der Waals surface area (Å²) in [5.41, 5.74) is 0.881. The molecule has 0 atom stereocenters. The number of anilines is 1. The molecule has 6 heteroatoms. The second-order valence-electron chi connectivity index (χ2n) is 4.35. The van der Waals surface area contributed by atoms with Gasteiger partial charge in [0.05, 0.1) is 10.6 Å². The van der Waals surface area contributed by atoms with E-state index in [-0.39, 0.29) is 5.92 Å². The molecule has 0 amide bonds. The van der Waals surface area contributed by atoms with Gasteiger partial charge in [0.1, 0.15) is 0 Å². The predicted octanol–water partition coefficient (Wildman–Crippen LogP) is 1.65. The van der Waals surface area contributed by atoms with Crippen molar-refractivity contribution in [2.24, 2.45) is 0 Å². The first kappa shape index (κ1) is 12.7. The van der Waals surface area contributed by atoms with Gasteiger partial charge in [0.15, 0.2) is 11.4 Å². The first-order valence-electron chi connectivity index (χ1n) is 5.67. The molecule has 4 nitrogen and oxygen atoms in total. The van der Waals surface area contributed by atoms with E-state index in [1.54, 1.807) is 0 Å². The lowest BCUT2D eigenvalue weighted by molar-refractivity contribution is 0.112. The molecule has 1 saturated heterocycles. The minimum Gasteiger partial charge on any atom is -0.346 e. The third-order valence-electron chi connectivity index (χ3n) is 2.77. The predicted molar refractivity (Wildman–Crippen MR) is 71.7 cm³/mol. The zero-order chi connectivity index (χ0) is 12.4. The van der Waals surface area contributed by atoms with Crippen LogP contribution in [0.4, 0.5) is 5.13 Å². The van der Waals surface area contributed by atoms with Crippen LogP contribution in [0.1, 0.15) is 35.1 Å². The maximum Gasteiger partial charge on any atom is 0.186 e. The molecule has 0 spiro atoms. The maximum atomic E-state index is 11.3. The van der Waals surface area contributed by atoms with Crippen LogP contribution in [0.15, 0.2) is 0 Å². The van der Waals surface area contributed by atoms with Gasteiger partial charge in [-0.15, -0.1) is 0 Å². The Morgan fingerprint density at radius 1 is 1.41 bits per heavy atom. The number of carbonyl (C=O) groups excluding carboxylic acids is 1. The van der Waals surface area contributed by atoms with Crippen molar-refractivity contribution in [1.82, 2.24) is 4.98 Å².